The van der Waals surface area contributed by atoms with Gasteiger partial charge in [-0.2, -0.15) is 0 Å². The van der Waals surface area contributed by atoms with Gasteiger partial charge in [-0.05, 0) is 31.4 Å². The average molecular weight is 284 g/mol. The molecule has 1 aromatic rings. The number of benzene rings is 1. The number of ether oxygens (including phenoxy) is 1. The standard InChI is InChI=1S/C18H20O3/c1-3-13-18(17(20)21-4-2)15(11-8-12-16(18)19)14-9-6-5-7-10-14/h3,5-10,12,15H,1,4,11,13H2,2H3. The maximum absolute atomic E-state index is 12.6. The van der Waals surface area contributed by atoms with Gasteiger partial charge in [0.15, 0.2) is 5.78 Å². The second kappa shape index (κ2) is 6.53. The Bertz CT molecular complexity index is 559. The number of allylic oxidation sites excluding steroid dienone is 3. The predicted octanol–water partition coefficient (Wildman–Crippen LogP) is 3.42. The third kappa shape index (κ3) is 2.68. The minimum absolute atomic E-state index is 0.194. The molecular weight excluding hydrogens is 264 g/mol. The maximum Gasteiger partial charge on any atom is 0.320 e. The summed E-state index contributed by atoms with van der Waals surface area (Å²) in [6.45, 7) is 5.73. The van der Waals surface area contributed by atoms with Crippen LogP contribution >= 0.6 is 0 Å². The molecule has 0 aliphatic heterocycles. The van der Waals surface area contributed by atoms with Crippen molar-refractivity contribution in [1.29, 1.82) is 0 Å². The molecule has 0 spiro atoms. The number of hydrogen-bond donors (Lipinski definition) is 0. The highest BCUT2D eigenvalue weighted by Crippen LogP contribution is 2.46. The minimum atomic E-state index is -1.19. The van der Waals surface area contributed by atoms with E-state index in [4.69, 9.17) is 4.74 Å². The topological polar surface area (TPSA) is 43.4 Å². The van der Waals surface area contributed by atoms with E-state index in [2.05, 4.69) is 6.58 Å². The Balaban J connectivity index is 2.54. The summed E-state index contributed by atoms with van der Waals surface area (Å²) >= 11 is 0. The van der Waals surface area contributed by atoms with Gasteiger partial charge < -0.3 is 4.74 Å². The normalized spacial score (nSPS) is 24.6. The van der Waals surface area contributed by atoms with E-state index in [9.17, 15) is 9.59 Å². The molecule has 0 radical (unpaired) electrons. The van der Waals surface area contributed by atoms with Crippen LogP contribution in [0.4, 0.5) is 0 Å². The first kappa shape index (κ1) is 15.2. The lowest BCUT2D eigenvalue weighted by molar-refractivity contribution is -0.160. The Morgan fingerprint density at radius 3 is 2.76 bits per heavy atom. The summed E-state index contributed by atoms with van der Waals surface area (Å²) in [5, 5.41) is 0. The van der Waals surface area contributed by atoms with Crippen LogP contribution in [0.1, 0.15) is 31.2 Å². The summed E-state index contributed by atoms with van der Waals surface area (Å²) in [6.07, 6.45) is 5.89. The maximum atomic E-state index is 12.6. The fourth-order valence-corrected chi connectivity index (χ4v) is 3.00. The van der Waals surface area contributed by atoms with Gasteiger partial charge in [-0.15, -0.1) is 6.58 Å². The van der Waals surface area contributed by atoms with Crippen molar-refractivity contribution in [2.24, 2.45) is 5.41 Å². The summed E-state index contributed by atoms with van der Waals surface area (Å²) in [6, 6.07) is 9.66. The largest absolute Gasteiger partial charge is 0.465 e. The zero-order valence-electron chi connectivity index (χ0n) is 12.2. The Kier molecular flexibility index (Phi) is 4.73. The Morgan fingerprint density at radius 2 is 2.14 bits per heavy atom. The smallest absolute Gasteiger partial charge is 0.320 e. The average Bonchev–Trinajstić information content (AvgIpc) is 2.50. The molecule has 1 aliphatic rings. The molecule has 21 heavy (non-hydrogen) atoms. The van der Waals surface area contributed by atoms with E-state index in [0.29, 0.717) is 6.42 Å². The Labute approximate surface area is 125 Å². The molecule has 0 saturated heterocycles. The van der Waals surface area contributed by atoms with Crippen molar-refractivity contribution in [1.82, 2.24) is 0 Å². The zero-order chi connectivity index (χ0) is 15.3. The number of rotatable bonds is 5. The summed E-state index contributed by atoms with van der Waals surface area (Å²) in [5.74, 6) is -0.859. The monoisotopic (exact) mass is 284 g/mol. The molecule has 0 N–H and O–H groups in total. The fourth-order valence-electron chi connectivity index (χ4n) is 3.00. The van der Waals surface area contributed by atoms with E-state index in [1.165, 1.54) is 6.08 Å². The molecule has 2 atom stereocenters. The molecule has 2 rings (SSSR count). The van der Waals surface area contributed by atoms with Gasteiger partial charge in [-0.25, -0.2) is 0 Å². The first-order valence-corrected chi connectivity index (χ1v) is 7.20. The van der Waals surface area contributed by atoms with Crippen molar-refractivity contribution >= 4 is 11.8 Å². The molecule has 0 aromatic heterocycles. The van der Waals surface area contributed by atoms with Crippen LogP contribution in [0.5, 0.6) is 0 Å². The lowest BCUT2D eigenvalue weighted by Crippen LogP contribution is -2.46. The predicted molar refractivity (Wildman–Crippen MR) is 81.8 cm³/mol. The van der Waals surface area contributed by atoms with Gasteiger partial charge in [0, 0.05) is 5.92 Å². The molecule has 0 bridgehead atoms. The molecule has 0 saturated carbocycles. The summed E-state index contributed by atoms with van der Waals surface area (Å²) in [5.41, 5.74) is -0.210. The molecule has 3 nitrogen and oxygen atoms in total. The van der Waals surface area contributed by atoms with Crippen molar-refractivity contribution in [3.05, 3.63) is 60.7 Å². The number of carbonyl (C=O) groups is 2. The van der Waals surface area contributed by atoms with Gasteiger partial charge in [0.05, 0.1) is 6.61 Å². The van der Waals surface area contributed by atoms with Gasteiger partial charge in [0.1, 0.15) is 5.41 Å². The molecule has 1 aromatic carbocycles. The number of hydrogen-bond acceptors (Lipinski definition) is 3. The van der Waals surface area contributed by atoms with Crippen molar-refractivity contribution < 1.29 is 14.3 Å². The van der Waals surface area contributed by atoms with E-state index >= 15 is 0 Å². The highest BCUT2D eigenvalue weighted by atomic mass is 16.5. The second-order valence-electron chi connectivity index (χ2n) is 5.15. The highest BCUT2D eigenvalue weighted by molar-refractivity contribution is 6.11. The van der Waals surface area contributed by atoms with Crippen molar-refractivity contribution in [3.8, 4) is 0 Å². The molecular formula is C18H20O3. The molecule has 2 unspecified atom stereocenters. The quantitative estimate of drug-likeness (QED) is 0.472. The minimum Gasteiger partial charge on any atom is -0.465 e. The van der Waals surface area contributed by atoms with E-state index in [1.54, 1.807) is 13.0 Å². The summed E-state index contributed by atoms with van der Waals surface area (Å²) < 4.78 is 5.22. The molecule has 110 valence electrons. The van der Waals surface area contributed by atoms with Crippen molar-refractivity contribution in [2.45, 2.75) is 25.7 Å². The van der Waals surface area contributed by atoms with E-state index in [-0.39, 0.29) is 24.7 Å². The second-order valence-corrected chi connectivity index (χ2v) is 5.15. The molecule has 0 amide bonds. The SMILES string of the molecule is C=CCC1(C(=O)OCC)C(=O)C=CCC1c1ccccc1. The van der Waals surface area contributed by atoms with Crippen LogP contribution in [0.25, 0.3) is 0 Å². The molecule has 0 fully saturated rings. The van der Waals surface area contributed by atoms with Gasteiger partial charge in [0.25, 0.3) is 0 Å². The number of ketones is 1. The van der Waals surface area contributed by atoms with Crippen LogP contribution in [0.2, 0.25) is 0 Å². The first-order valence-electron chi connectivity index (χ1n) is 7.20. The van der Waals surface area contributed by atoms with E-state index in [1.807, 2.05) is 36.4 Å². The van der Waals surface area contributed by atoms with Gasteiger partial charge in [-0.1, -0.05) is 42.5 Å². The van der Waals surface area contributed by atoms with Crippen LogP contribution in [-0.2, 0) is 14.3 Å². The Morgan fingerprint density at radius 1 is 1.43 bits per heavy atom. The number of esters is 1. The third-order valence-corrected chi connectivity index (χ3v) is 3.98. The number of carbonyl (C=O) groups excluding carboxylic acids is 2. The molecule has 0 heterocycles. The van der Waals surface area contributed by atoms with E-state index < -0.39 is 11.4 Å². The van der Waals surface area contributed by atoms with Crippen LogP contribution in [-0.4, -0.2) is 18.4 Å². The van der Waals surface area contributed by atoms with Crippen molar-refractivity contribution in [2.75, 3.05) is 6.61 Å². The van der Waals surface area contributed by atoms with Crippen LogP contribution in [0.3, 0.4) is 0 Å². The summed E-state index contributed by atoms with van der Waals surface area (Å²) in [4.78, 5) is 25.2. The van der Waals surface area contributed by atoms with E-state index in [0.717, 1.165) is 5.56 Å². The highest BCUT2D eigenvalue weighted by Gasteiger charge is 2.52. The fraction of sp³-hybridized carbons (Fsp3) is 0.333. The molecule has 3 heteroatoms. The zero-order valence-corrected chi connectivity index (χ0v) is 12.2. The van der Waals surface area contributed by atoms with Crippen LogP contribution in [0.15, 0.2) is 55.1 Å². The summed E-state index contributed by atoms with van der Waals surface area (Å²) in [7, 11) is 0. The van der Waals surface area contributed by atoms with Gasteiger partial charge >= 0.3 is 5.97 Å². The van der Waals surface area contributed by atoms with Crippen LogP contribution < -0.4 is 0 Å². The van der Waals surface area contributed by atoms with Crippen molar-refractivity contribution in [3.63, 3.8) is 0 Å². The first-order chi connectivity index (χ1) is 10.2. The van der Waals surface area contributed by atoms with Gasteiger partial charge in [-0.3, -0.25) is 9.59 Å². The Hall–Kier alpha value is -2.16. The third-order valence-electron chi connectivity index (χ3n) is 3.98. The van der Waals surface area contributed by atoms with Crippen LogP contribution in [0, 0.1) is 5.41 Å². The lowest BCUT2D eigenvalue weighted by atomic mass is 9.63. The van der Waals surface area contributed by atoms with Gasteiger partial charge in [0.2, 0.25) is 0 Å². The lowest BCUT2D eigenvalue weighted by Gasteiger charge is -2.38. The molecule has 1 aliphatic carbocycles.